The van der Waals surface area contributed by atoms with Gasteiger partial charge in [-0.2, -0.15) is 0 Å². The Labute approximate surface area is 120 Å². The van der Waals surface area contributed by atoms with Gasteiger partial charge in [-0.25, -0.2) is 0 Å². The Kier molecular flexibility index (Phi) is 5.80. The Bertz CT molecular complexity index is 424. The van der Waals surface area contributed by atoms with Crippen molar-refractivity contribution in [1.82, 2.24) is 0 Å². The van der Waals surface area contributed by atoms with E-state index in [-0.39, 0.29) is 5.69 Å². The van der Waals surface area contributed by atoms with Crippen molar-refractivity contribution >= 4 is 34.0 Å². The molecule has 0 spiro atoms. The molecule has 18 heavy (non-hydrogen) atoms. The van der Waals surface area contributed by atoms with Crippen molar-refractivity contribution in [2.75, 3.05) is 11.9 Å². The van der Waals surface area contributed by atoms with Crippen molar-refractivity contribution < 1.29 is 10.0 Å². The van der Waals surface area contributed by atoms with Crippen molar-refractivity contribution in [1.29, 1.82) is 0 Å². The second-order valence-electron chi connectivity index (χ2n) is 4.59. The van der Waals surface area contributed by atoms with Gasteiger partial charge >= 0.3 is 0 Å². The number of hydrogen-bond donors (Lipinski definition) is 2. The Morgan fingerprint density at radius 1 is 1.50 bits per heavy atom. The monoisotopic (exact) mass is 364 g/mol. The Balaban J connectivity index is 2.60. The van der Waals surface area contributed by atoms with Crippen LogP contribution in [0.4, 0.5) is 11.4 Å². The molecule has 0 aliphatic rings. The van der Waals surface area contributed by atoms with Gasteiger partial charge in [0.2, 0.25) is 0 Å². The summed E-state index contributed by atoms with van der Waals surface area (Å²) in [5.41, 5.74) is 0.886. The van der Waals surface area contributed by atoms with Crippen LogP contribution in [0.1, 0.15) is 20.3 Å². The van der Waals surface area contributed by atoms with Crippen LogP contribution < -0.4 is 5.32 Å². The number of nitrogens with zero attached hydrogens (tertiary/aromatic N) is 1. The number of non-ortho nitro benzene ring substituents is 1. The van der Waals surface area contributed by atoms with E-state index in [0.717, 1.165) is 15.7 Å². The highest BCUT2D eigenvalue weighted by atomic mass is 127. The molecule has 6 heteroatoms. The maximum absolute atomic E-state index is 10.6. The van der Waals surface area contributed by atoms with Gasteiger partial charge in [-0.15, -0.1) is 0 Å². The highest BCUT2D eigenvalue weighted by molar-refractivity contribution is 14.1. The summed E-state index contributed by atoms with van der Waals surface area (Å²) in [6.07, 6.45) is 0.326. The minimum absolute atomic E-state index is 0.0766. The van der Waals surface area contributed by atoms with Gasteiger partial charge in [0.1, 0.15) is 0 Å². The van der Waals surface area contributed by atoms with Crippen LogP contribution in [0.5, 0.6) is 0 Å². The molecule has 0 amide bonds. The van der Waals surface area contributed by atoms with Gasteiger partial charge in [0, 0.05) is 27.9 Å². The lowest BCUT2D eigenvalue weighted by Gasteiger charge is -2.15. The number of hydrogen-bond acceptors (Lipinski definition) is 4. The summed E-state index contributed by atoms with van der Waals surface area (Å²) >= 11 is 2.04. The van der Waals surface area contributed by atoms with E-state index in [2.05, 4.69) is 19.2 Å². The third kappa shape index (κ3) is 4.77. The average molecular weight is 364 g/mol. The van der Waals surface area contributed by atoms with Gasteiger partial charge in [-0.05, 0) is 41.0 Å². The highest BCUT2D eigenvalue weighted by Gasteiger charge is 2.11. The summed E-state index contributed by atoms with van der Waals surface area (Å²) in [6, 6.07) is 4.64. The van der Waals surface area contributed by atoms with Gasteiger partial charge in [-0.3, -0.25) is 10.1 Å². The van der Waals surface area contributed by atoms with Crippen LogP contribution in [0.3, 0.4) is 0 Å². The van der Waals surface area contributed by atoms with Crippen molar-refractivity contribution in [2.45, 2.75) is 26.4 Å². The molecule has 1 aromatic rings. The van der Waals surface area contributed by atoms with E-state index in [4.69, 9.17) is 0 Å². The Morgan fingerprint density at radius 3 is 2.67 bits per heavy atom. The van der Waals surface area contributed by atoms with Crippen LogP contribution in [0.2, 0.25) is 0 Å². The first kappa shape index (κ1) is 15.2. The quantitative estimate of drug-likeness (QED) is 0.462. The van der Waals surface area contributed by atoms with Gasteiger partial charge in [0.05, 0.1) is 11.0 Å². The topological polar surface area (TPSA) is 75.4 Å². The number of nitrogens with one attached hydrogen (secondary N) is 1. The van der Waals surface area contributed by atoms with E-state index < -0.39 is 11.0 Å². The minimum atomic E-state index is -0.417. The zero-order valence-electron chi connectivity index (χ0n) is 10.4. The molecule has 5 nitrogen and oxygen atoms in total. The lowest BCUT2D eigenvalue weighted by atomic mass is 10.1. The molecule has 2 N–H and O–H groups in total. The SMILES string of the molecule is CC(C)CC(O)CNc1ccc([N+](=O)[O-])cc1I. The van der Waals surface area contributed by atoms with Crippen LogP contribution in [0.25, 0.3) is 0 Å². The van der Waals surface area contributed by atoms with Crippen LogP contribution in [0, 0.1) is 19.6 Å². The number of nitro groups is 1. The first-order valence-electron chi connectivity index (χ1n) is 5.76. The number of halogens is 1. The predicted octanol–water partition coefficient (Wildman–Crippen LogP) is 3.02. The first-order valence-corrected chi connectivity index (χ1v) is 6.84. The molecule has 0 saturated carbocycles. The number of aliphatic hydroxyl groups is 1. The van der Waals surface area contributed by atoms with Crippen molar-refractivity contribution in [3.05, 3.63) is 31.9 Å². The molecule has 0 fully saturated rings. The molecule has 0 heterocycles. The first-order chi connectivity index (χ1) is 8.40. The van der Waals surface area contributed by atoms with Crippen LogP contribution in [-0.4, -0.2) is 22.7 Å². The van der Waals surface area contributed by atoms with Crippen LogP contribution in [0.15, 0.2) is 18.2 Å². The van der Waals surface area contributed by atoms with E-state index in [0.29, 0.717) is 12.5 Å². The number of anilines is 1. The molecule has 0 aromatic heterocycles. The number of benzene rings is 1. The zero-order chi connectivity index (χ0) is 13.7. The van der Waals surface area contributed by atoms with E-state index in [1.54, 1.807) is 6.07 Å². The Hall–Kier alpha value is -0.890. The molecule has 0 radical (unpaired) electrons. The number of nitro benzene ring substituents is 1. The number of rotatable bonds is 6. The minimum Gasteiger partial charge on any atom is -0.391 e. The predicted molar refractivity (Wildman–Crippen MR) is 79.8 cm³/mol. The van der Waals surface area contributed by atoms with Gasteiger partial charge in [0.15, 0.2) is 0 Å². The van der Waals surface area contributed by atoms with E-state index >= 15 is 0 Å². The molecule has 1 aromatic carbocycles. The molecular weight excluding hydrogens is 347 g/mol. The van der Waals surface area contributed by atoms with Gasteiger partial charge in [0.25, 0.3) is 5.69 Å². The molecule has 0 aliphatic carbocycles. The normalized spacial score (nSPS) is 12.5. The third-order valence-electron chi connectivity index (χ3n) is 2.44. The number of aliphatic hydroxyl groups excluding tert-OH is 1. The van der Waals surface area contributed by atoms with E-state index in [1.807, 2.05) is 22.6 Å². The summed E-state index contributed by atoms with van der Waals surface area (Å²) in [4.78, 5) is 10.2. The molecule has 0 bridgehead atoms. The molecular formula is C12H17IN2O3. The van der Waals surface area contributed by atoms with E-state index in [9.17, 15) is 15.2 Å². The molecule has 1 unspecified atom stereocenters. The average Bonchev–Trinajstić information content (AvgIpc) is 2.26. The smallest absolute Gasteiger partial charge is 0.270 e. The highest BCUT2D eigenvalue weighted by Crippen LogP contribution is 2.23. The summed E-state index contributed by atoms with van der Waals surface area (Å²) in [7, 11) is 0. The summed E-state index contributed by atoms with van der Waals surface area (Å²) in [5.74, 6) is 0.442. The van der Waals surface area contributed by atoms with Crippen LogP contribution in [-0.2, 0) is 0 Å². The van der Waals surface area contributed by atoms with Crippen molar-refractivity contribution in [3.63, 3.8) is 0 Å². The summed E-state index contributed by atoms with van der Waals surface area (Å²) in [5, 5.41) is 23.4. The maximum atomic E-state index is 10.6. The zero-order valence-corrected chi connectivity index (χ0v) is 12.5. The fourth-order valence-corrected chi connectivity index (χ4v) is 2.31. The second kappa shape index (κ2) is 6.89. The lowest BCUT2D eigenvalue weighted by molar-refractivity contribution is -0.384. The molecule has 0 saturated heterocycles. The molecule has 0 aliphatic heterocycles. The van der Waals surface area contributed by atoms with E-state index in [1.165, 1.54) is 12.1 Å². The summed E-state index contributed by atoms with van der Waals surface area (Å²) < 4.78 is 0.776. The fraction of sp³-hybridized carbons (Fsp3) is 0.500. The summed E-state index contributed by atoms with van der Waals surface area (Å²) in [6.45, 7) is 4.56. The standard InChI is InChI=1S/C12H17IN2O3/c1-8(2)5-10(16)7-14-12-4-3-9(15(17)18)6-11(12)13/h3-4,6,8,10,14,16H,5,7H2,1-2H3. The fourth-order valence-electron chi connectivity index (χ4n) is 1.62. The van der Waals surface area contributed by atoms with Crippen molar-refractivity contribution in [3.8, 4) is 0 Å². The van der Waals surface area contributed by atoms with Gasteiger partial charge in [-0.1, -0.05) is 13.8 Å². The van der Waals surface area contributed by atoms with Crippen molar-refractivity contribution in [2.24, 2.45) is 5.92 Å². The third-order valence-corrected chi connectivity index (χ3v) is 3.33. The molecule has 1 rings (SSSR count). The molecule has 100 valence electrons. The maximum Gasteiger partial charge on any atom is 0.270 e. The Morgan fingerprint density at radius 2 is 2.17 bits per heavy atom. The molecule has 1 atom stereocenters. The van der Waals surface area contributed by atoms with Crippen LogP contribution >= 0.6 is 22.6 Å². The van der Waals surface area contributed by atoms with Gasteiger partial charge < -0.3 is 10.4 Å². The lowest BCUT2D eigenvalue weighted by Crippen LogP contribution is -2.21. The second-order valence-corrected chi connectivity index (χ2v) is 5.75. The largest absolute Gasteiger partial charge is 0.391 e.